The van der Waals surface area contributed by atoms with Crippen molar-refractivity contribution in [3.63, 3.8) is 0 Å². The number of rotatable bonds is 6. The molecule has 4 heteroatoms. The number of fused-ring (bicyclic) bond motifs is 1. The van der Waals surface area contributed by atoms with E-state index in [1.165, 1.54) is 0 Å². The predicted molar refractivity (Wildman–Crippen MR) is 152 cm³/mol. The summed E-state index contributed by atoms with van der Waals surface area (Å²) in [6, 6.07) is 35.8. The van der Waals surface area contributed by atoms with Crippen LogP contribution in [0.4, 0.5) is 0 Å². The van der Waals surface area contributed by atoms with E-state index in [4.69, 9.17) is 11.4 Å². The molecule has 0 aliphatic carbocycles. The maximum Gasteiger partial charge on any atom is 0.170 e. The van der Waals surface area contributed by atoms with Crippen LogP contribution in [0.1, 0.15) is 6.92 Å². The Hall–Kier alpha value is -4.38. The lowest BCUT2D eigenvalue weighted by molar-refractivity contribution is 0.591. The molecule has 0 amide bonds. The Morgan fingerprint density at radius 1 is 0.833 bits per heavy atom. The molecule has 0 aliphatic rings. The van der Waals surface area contributed by atoms with Gasteiger partial charge in [-0.1, -0.05) is 84.8 Å². The van der Waals surface area contributed by atoms with Gasteiger partial charge >= 0.3 is 0 Å². The van der Waals surface area contributed by atoms with E-state index in [1.807, 2.05) is 104 Å². The van der Waals surface area contributed by atoms with Crippen LogP contribution in [0, 0.1) is 12.3 Å². The molecule has 0 radical (unpaired) electrons. The highest BCUT2D eigenvalue weighted by atomic mass is 31.2. The molecule has 1 unspecified atom stereocenters. The number of terminal acetylenes is 1. The first-order valence-corrected chi connectivity index (χ1v) is 13.5. The first kappa shape index (κ1) is 23.4. The normalized spacial score (nSPS) is 13.5. The van der Waals surface area contributed by atoms with Crippen molar-refractivity contribution in [3.8, 4) is 29.4 Å². The van der Waals surface area contributed by atoms with Crippen LogP contribution in [0.5, 0.6) is 0 Å². The van der Waals surface area contributed by atoms with Crippen LogP contribution >= 0.6 is 7.14 Å². The lowest BCUT2D eigenvalue weighted by atomic mass is 10.2. The summed E-state index contributed by atoms with van der Waals surface area (Å²) >= 11 is 0. The van der Waals surface area contributed by atoms with Gasteiger partial charge in [0.05, 0.1) is 11.0 Å². The number of nitrogens with zero attached hydrogens (tertiary/aromatic N) is 2. The molecular weight excluding hydrogens is 459 g/mol. The maximum atomic E-state index is 14.7. The van der Waals surface area contributed by atoms with Gasteiger partial charge < -0.3 is 4.57 Å². The van der Waals surface area contributed by atoms with Crippen molar-refractivity contribution < 1.29 is 4.57 Å². The average molecular weight is 485 g/mol. The van der Waals surface area contributed by atoms with Gasteiger partial charge in [0.2, 0.25) is 0 Å². The SMILES string of the molecule is C#C/C=C\C(=C/C)P(=O)(c1ccccc1)c1ccc(-n2c(-c3ccccc3)nc3ccccc32)cc1. The van der Waals surface area contributed by atoms with Crippen LogP contribution in [0.25, 0.3) is 28.1 Å². The van der Waals surface area contributed by atoms with Gasteiger partial charge in [-0.3, -0.25) is 4.57 Å². The topological polar surface area (TPSA) is 34.9 Å². The number of hydrogen-bond donors (Lipinski definition) is 0. The van der Waals surface area contributed by atoms with Crippen molar-refractivity contribution >= 4 is 28.8 Å². The molecule has 5 aromatic rings. The monoisotopic (exact) mass is 484 g/mol. The minimum Gasteiger partial charge on any atom is -0.309 e. The molecule has 174 valence electrons. The summed E-state index contributed by atoms with van der Waals surface area (Å²) in [5, 5.41) is 2.22. The van der Waals surface area contributed by atoms with E-state index in [2.05, 4.69) is 28.7 Å². The molecule has 3 nitrogen and oxygen atoms in total. The first-order chi connectivity index (χ1) is 17.7. The molecule has 4 aromatic carbocycles. The molecule has 0 saturated carbocycles. The van der Waals surface area contributed by atoms with Gasteiger partial charge in [-0.2, -0.15) is 0 Å². The maximum absolute atomic E-state index is 14.7. The summed E-state index contributed by atoms with van der Waals surface area (Å²) in [5.41, 5.74) is 3.92. The smallest absolute Gasteiger partial charge is 0.170 e. The number of aromatic nitrogens is 2. The van der Waals surface area contributed by atoms with Gasteiger partial charge in [-0.05, 0) is 55.5 Å². The van der Waals surface area contributed by atoms with Crippen LogP contribution < -0.4 is 10.6 Å². The Kier molecular flexibility index (Phi) is 6.54. The third-order valence-electron chi connectivity index (χ3n) is 6.19. The summed E-state index contributed by atoms with van der Waals surface area (Å²) in [6.45, 7) is 1.89. The molecular formula is C32H25N2OP. The Morgan fingerprint density at radius 3 is 2.11 bits per heavy atom. The van der Waals surface area contributed by atoms with Crippen LogP contribution in [0.2, 0.25) is 0 Å². The summed E-state index contributed by atoms with van der Waals surface area (Å²) in [6.07, 6.45) is 10.7. The molecule has 1 heterocycles. The highest BCUT2D eigenvalue weighted by Gasteiger charge is 2.30. The molecule has 0 spiro atoms. The van der Waals surface area contributed by atoms with E-state index in [0.717, 1.165) is 38.7 Å². The van der Waals surface area contributed by atoms with Crippen molar-refractivity contribution in [2.45, 2.75) is 6.92 Å². The molecule has 0 aliphatic heterocycles. The van der Waals surface area contributed by atoms with E-state index >= 15 is 0 Å². The van der Waals surface area contributed by atoms with E-state index in [1.54, 1.807) is 12.2 Å². The van der Waals surface area contributed by atoms with Gasteiger partial charge in [0, 0.05) is 27.2 Å². The Labute approximate surface area is 211 Å². The zero-order valence-corrected chi connectivity index (χ0v) is 20.8. The third-order valence-corrected chi connectivity index (χ3v) is 9.38. The minimum atomic E-state index is -3.12. The lowest BCUT2D eigenvalue weighted by Gasteiger charge is -2.21. The van der Waals surface area contributed by atoms with Crippen LogP contribution in [-0.2, 0) is 4.57 Å². The Balaban J connectivity index is 1.68. The molecule has 0 bridgehead atoms. The second-order valence-electron chi connectivity index (χ2n) is 8.30. The van der Waals surface area contributed by atoms with Gasteiger partial charge in [0.25, 0.3) is 0 Å². The fraction of sp³-hybridized carbons (Fsp3) is 0.0312. The predicted octanol–water partition coefficient (Wildman–Crippen LogP) is 7.10. The standard InChI is InChI=1S/C32H25N2OP/c1-3-5-16-27(4-2)36(35,28-17-10-7-11-18-28)29-23-21-26(22-24-29)34-31-20-13-12-19-30(31)33-32(34)25-14-8-6-9-15-25/h1,4-24H,2H3/b16-5-,27-4+. The zero-order valence-electron chi connectivity index (χ0n) is 20.0. The van der Waals surface area contributed by atoms with Crippen molar-refractivity contribution in [1.29, 1.82) is 0 Å². The number of imidazole rings is 1. The Bertz CT molecular complexity index is 1650. The molecule has 5 rings (SSSR count). The fourth-order valence-electron chi connectivity index (χ4n) is 4.48. The number of para-hydroxylation sites is 2. The third kappa shape index (κ3) is 4.13. The lowest BCUT2D eigenvalue weighted by Crippen LogP contribution is -2.17. The van der Waals surface area contributed by atoms with E-state index in [0.29, 0.717) is 5.31 Å². The molecule has 0 N–H and O–H groups in total. The largest absolute Gasteiger partial charge is 0.309 e. The van der Waals surface area contributed by atoms with Gasteiger partial charge in [-0.15, -0.1) is 6.42 Å². The van der Waals surface area contributed by atoms with E-state index < -0.39 is 7.14 Å². The highest BCUT2D eigenvalue weighted by Crippen LogP contribution is 2.52. The second-order valence-corrected chi connectivity index (χ2v) is 11.1. The van der Waals surface area contributed by atoms with Crippen molar-refractivity contribution in [1.82, 2.24) is 9.55 Å². The second kappa shape index (κ2) is 10.1. The molecule has 1 atom stereocenters. The summed E-state index contributed by atoms with van der Waals surface area (Å²) in [7, 11) is -3.12. The van der Waals surface area contributed by atoms with Crippen molar-refractivity contribution in [2.24, 2.45) is 0 Å². The van der Waals surface area contributed by atoms with Gasteiger partial charge in [0.15, 0.2) is 7.14 Å². The minimum absolute atomic E-state index is 0.706. The average Bonchev–Trinajstić information content (AvgIpc) is 3.34. The number of hydrogen-bond acceptors (Lipinski definition) is 2. The molecule has 1 aromatic heterocycles. The fourth-order valence-corrected chi connectivity index (χ4v) is 7.18. The van der Waals surface area contributed by atoms with Gasteiger partial charge in [-0.25, -0.2) is 4.98 Å². The van der Waals surface area contributed by atoms with Crippen LogP contribution in [0.3, 0.4) is 0 Å². The summed E-state index contributed by atoms with van der Waals surface area (Å²) < 4.78 is 16.9. The summed E-state index contributed by atoms with van der Waals surface area (Å²) in [4.78, 5) is 4.92. The highest BCUT2D eigenvalue weighted by molar-refractivity contribution is 7.82. The molecule has 0 fully saturated rings. The number of allylic oxidation sites excluding steroid dienone is 4. The quantitative estimate of drug-likeness (QED) is 0.146. The molecule has 36 heavy (non-hydrogen) atoms. The van der Waals surface area contributed by atoms with E-state index in [9.17, 15) is 4.57 Å². The first-order valence-electron chi connectivity index (χ1n) is 11.8. The summed E-state index contributed by atoms with van der Waals surface area (Å²) in [5.74, 6) is 3.38. The van der Waals surface area contributed by atoms with Crippen molar-refractivity contribution in [3.05, 3.63) is 133 Å². The van der Waals surface area contributed by atoms with Crippen LogP contribution in [0.15, 0.2) is 133 Å². The zero-order chi connectivity index (χ0) is 25.0. The Morgan fingerprint density at radius 2 is 1.44 bits per heavy atom. The van der Waals surface area contributed by atoms with Crippen molar-refractivity contribution in [2.75, 3.05) is 0 Å². The van der Waals surface area contributed by atoms with Crippen LogP contribution in [-0.4, -0.2) is 9.55 Å². The van der Waals surface area contributed by atoms with Gasteiger partial charge in [0.1, 0.15) is 5.82 Å². The van der Waals surface area contributed by atoms with E-state index in [-0.39, 0.29) is 0 Å². The molecule has 0 saturated heterocycles. The number of benzene rings is 4.